The van der Waals surface area contributed by atoms with Gasteiger partial charge in [-0.2, -0.15) is 0 Å². The Labute approximate surface area is 115 Å². The molecule has 0 unspecified atom stereocenters. The van der Waals surface area contributed by atoms with Crippen LogP contribution < -0.4 is 5.32 Å². The van der Waals surface area contributed by atoms with E-state index in [1.165, 1.54) is 17.4 Å². The fraction of sp³-hybridized carbons (Fsp3) is 0.308. The van der Waals surface area contributed by atoms with E-state index in [0.29, 0.717) is 16.8 Å². The summed E-state index contributed by atoms with van der Waals surface area (Å²) in [5, 5.41) is 12.0. The average molecular weight is 277 g/mol. The van der Waals surface area contributed by atoms with Crippen LogP contribution in [0.3, 0.4) is 0 Å². The molecule has 100 valence electrons. The van der Waals surface area contributed by atoms with Crippen LogP contribution in [0.1, 0.15) is 36.3 Å². The van der Waals surface area contributed by atoms with Gasteiger partial charge >= 0.3 is 0 Å². The summed E-state index contributed by atoms with van der Waals surface area (Å²) in [4.78, 5) is 11.7. The number of amides is 1. The van der Waals surface area contributed by atoms with Crippen LogP contribution in [0.2, 0.25) is 0 Å². The predicted molar refractivity (Wildman–Crippen MR) is 75.1 cm³/mol. The van der Waals surface area contributed by atoms with Crippen LogP contribution in [0.15, 0.2) is 22.6 Å². The smallest absolute Gasteiger partial charge is 0.250 e. The van der Waals surface area contributed by atoms with E-state index >= 15 is 0 Å². The minimum absolute atomic E-state index is 0.250. The van der Waals surface area contributed by atoms with E-state index in [2.05, 4.69) is 15.5 Å². The lowest BCUT2D eigenvalue weighted by atomic mass is 10.2. The standard InChI is InChI=1S/C13H15N3O2S/c1-8(2)12-15-16-13(19-12)14-11(17)7-6-10-5-4-9(3)18-10/h4-8H,1-3H3,(H,14,16,17)/b7-6+. The molecule has 0 radical (unpaired) electrons. The van der Waals surface area contributed by atoms with Gasteiger partial charge in [0.2, 0.25) is 11.0 Å². The van der Waals surface area contributed by atoms with Crippen molar-refractivity contribution in [2.24, 2.45) is 0 Å². The second-order valence-corrected chi connectivity index (χ2v) is 5.38. The first-order valence-electron chi connectivity index (χ1n) is 5.93. The predicted octanol–water partition coefficient (Wildman–Crippen LogP) is 3.21. The van der Waals surface area contributed by atoms with Crippen LogP contribution in [0.5, 0.6) is 0 Å². The number of anilines is 1. The molecular weight excluding hydrogens is 262 g/mol. The molecule has 2 heterocycles. The maximum atomic E-state index is 11.7. The zero-order valence-corrected chi connectivity index (χ0v) is 11.8. The third-order valence-corrected chi connectivity index (χ3v) is 3.46. The van der Waals surface area contributed by atoms with Crippen molar-refractivity contribution in [1.82, 2.24) is 10.2 Å². The van der Waals surface area contributed by atoms with E-state index in [9.17, 15) is 4.79 Å². The first kappa shape index (κ1) is 13.5. The third-order valence-electron chi connectivity index (χ3n) is 2.32. The van der Waals surface area contributed by atoms with Crippen molar-refractivity contribution < 1.29 is 9.21 Å². The molecule has 1 N–H and O–H groups in total. The Kier molecular flexibility index (Phi) is 4.11. The van der Waals surface area contributed by atoms with Crippen molar-refractivity contribution >= 4 is 28.5 Å². The van der Waals surface area contributed by atoms with Gasteiger partial charge in [0.05, 0.1) is 0 Å². The van der Waals surface area contributed by atoms with Gasteiger partial charge in [0.1, 0.15) is 16.5 Å². The van der Waals surface area contributed by atoms with Gasteiger partial charge in [0, 0.05) is 12.0 Å². The highest BCUT2D eigenvalue weighted by atomic mass is 32.1. The number of hydrogen-bond acceptors (Lipinski definition) is 5. The van der Waals surface area contributed by atoms with Crippen LogP contribution in [0, 0.1) is 6.92 Å². The van der Waals surface area contributed by atoms with Gasteiger partial charge in [-0.15, -0.1) is 10.2 Å². The Morgan fingerprint density at radius 3 is 2.79 bits per heavy atom. The molecule has 5 nitrogen and oxygen atoms in total. The molecule has 0 aliphatic carbocycles. The summed E-state index contributed by atoms with van der Waals surface area (Å²) in [6.45, 7) is 5.92. The number of rotatable bonds is 4. The molecule has 0 spiro atoms. The number of furan rings is 1. The van der Waals surface area contributed by atoms with Crippen LogP contribution in [0.25, 0.3) is 6.08 Å². The normalized spacial score (nSPS) is 11.4. The van der Waals surface area contributed by atoms with E-state index in [1.807, 2.05) is 26.8 Å². The minimum atomic E-state index is -0.250. The van der Waals surface area contributed by atoms with Crippen LogP contribution in [-0.2, 0) is 4.79 Å². The second kappa shape index (κ2) is 5.79. The summed E-state index contributed by atoms with van der Waals surface area (Å²) >= 11 is 1.38. The highest BCUT2D eigenvalue weighted by Gasteiger charge is 2.08. The zero-order chi connectivity index (χ0) is 13.8. The van der Waals surface area contributed by atoms with E-state index < -0.39 is 0 Å². The summed E-state index contributed by atoms with van der Waals surface area (Å²) in [6, 6.07) is 3.65. The second-order valence-electron chi connectivity index (χ2n) is 4.37. The number of aromatic nitrogens is 2. The Balaban J connectivity index is 1.95. The molecule has 0 fully saturated rings. The van der Waals surface area contributed by atoms with Crippen LogP contribution in [0.4, 0.5) is 5.13 Å². The Bertz CT molecular complexity index is 599. The van der Waals surface area contributed by atoms with Crippen molar-refractivity contribution in [3.8, 4) is 0 Å². The summed E-state index contributed by atoms with van der Waals surface area (Å²) in [5.41, 5.74) is 0. The maximum Gasteiger partial charge on any atom is 0.250 e. The number of hydrogen-bond donors (Lipinski definition) is 1. The van der Waals surface area contributed by atoms with E-state index in [1.54, 1.807) is 12.1 Å². The largest absolute Gasteiger partial charge is 0.462 e. The Hall–Kier alpha value is -1.95. The average Bonchev–Trinajstić information content (AvgIpc) is 2.96. The van der Waals surface area contributed by atoms with Crippen molar-refractivity contribution in [2.45, 2.75) is 26.7 Å². The highest BCUT2D eigenvalue weighted by molar-refractivity contribution is 7.15. The van der Waals surface area contributed by atoms with Gasteiger partial charge in [0.15, 0.2) is 0 Å². The lowest BCUT2D eigenvalue weighted by Crippen LogP contribution is -2.07. The molecule has 0 aromatic carbocycles. The molecule has 2 rings (SSSR count). The number of carbonyl (C=O) groups excluding carboxylic acids is 1. The van der Waals surface area contributed by atoms with Crippen LogP contribution in [-0.4, -0.2) is 16.1 Å². The summed E-state index contributed by atoms with van der Waals surface area (Å²) in [7, 11) is 0. The Morgan fingerprint density at radius 2 is 2.21 bits per heavy atom. The van der Waals surface area contributed by atoms with Crippen molar-refractivity contribution in [2.75, 3.05) is 5.32 Å². The summed E-state index contributed by atoms with van der Waals surface area (Å²) in [6.07, 6.45) is 3.03. The molecule has 0 aliphatic heterocycles. The lowest BCUT2D eigenvalue weighted by molar-refractivity contribution is -0.111. The number of nitrogens with one attached hydrogen (secondary N) is 1. The van der Waals surface area contributed by atoms with Crippen molar-refractivity contribution in [1.29, 1.82) is 0 Å². The van der Waals surface area contributed by atoms with Gasteiger partial charge in [-0.3, -0.25) is 10.1 Å². The van der Waals surface area contributed by atoms with Crippen LogP contribution >= 0.6 is 11.3 Å². The summed E-state index contributed by atoms with van der Waals surface area (Å²) in [5.74, 6) is 1.52. The molecule has 0 saturated carbocycles. The van der Waals surface area contributed by atoms with E-state index in [0.717, 1.165) is 10.8 Å². The van der Waals surface area contributed by atoms with Crippen molar-refractivity contribution in [3.63, 3.8) is 0 Å². The monoisotopic (exact) mass is 277 g/mol. The quantitative estimate of drug-likeness (QED) is 0.871. The maximum absolute atomic E-state index is 11.7. The SMILES string of the molecule is Cc1ccc(/C=C/C(=O)Nc2nnc(C(C)C)s2)o1. The van der Waals surface area contributed by atoms with Crippen molar-refractivity contribution in [3.05, 3.63) is 34.7 Å². The van der Waals surface area contributed by atoms with Gasteiger partial charge in [-0.1, -0.05) is 25.2 Å². The van der Waals surface area contributed by atoms with Gasteiger partial charge < -0.3 is 4.42 Å². The topological polar surface area (TPSA) is 68.0 Å². The first-order valence-corrected chi connectivity index (χ1v) is 6.75. The molecule has 0 atom stereocenters. The van der Waals surface area contributed by atoms with Gasteiger partial charge in [0.25, 0.3) is 0 Å². The molecule has 2 aromatic heterocycles. The fourth-order valence-corrected chi connectivity index (χ4v) is 2.12. The Morgan fingerprint density at radius 1 is 1.42 bits per heavy atom. The molecule has 0 bridgehead atoms. The minimum Gasteiger partial charge on any atom is -0.462 e. The van der Waals surface area contributed by atoms with E-state index in [4.69, 9.17) is 4.42 Å². The molecule has 0 saturated heterocycles. The third kappa shape index (κ3) is 3.75. The molecular formula is C13H15N3O2S. The first-order chi connectivity index (χ1) is 9.04. The lowest BCUT2D eigenvalue weighted by Gasteiger charge is -1.95. The fourth-order valence-electron chi connectivity index (χ4n) is 1.37. The number of nitrogens with zero attached hydrogens (tertiary/aromatic N) is 2. The molecule has 0 aliphatic rings. The molecule has 2 aromatic rings. The van der Waals surface area contributed by atoms with E-state index in [-0.39, 0.29) is 5.91 Å². The van der Waals surface area contributed by atoms with Gasteiger partial charge in [-0.05, 0) is 25.1 Å². The molecule has 19 heavy (non-hydrogen) atoms. The summed E-state index contributed by atoms with van der Waals surface area (Å²) < 4.78 is 5.33. The molecule has 6 heteroatoms. The zero-order valence-electron chi connectivity index (χ0n) is 11.0. The highest BCUT2D eigenvalue weighted by Crippen LogP contribution is 2.22. The molecule has 1 amide bonds. The number of aryl methyl sites for hydroxylation is 1. The van der Waals surface area contributed by atoms with Gasteiger partial charge in [-0.25, -0.2) is 0 Å². The number of carbonyl (C=O) groups is 1.